The predicted octanol–water partition coefficient (Wildman–Crippen LogP) is 4.84. The smallest absolute Gasteiger partial charge is 0.326 e. The highest BCUT2D eigenvalue weighted by molar-refractivity contribution is 7.20. The number of alkyl halides is 3. The highest BCUT2D eigenvalue weighted by Crippen LogP contribution is 2.37. The van der Waals surface area contributed by atoms with Gasteiger partial charge in [-0.15, -0.1) is 11.3 Å². The molecule has 1 aromatic carbocycles. The summed E-state index contributed by atoms with van der Waals surface area (Å²) in [5, 5.41) is 0.270. The van der Waals surface area contributed by atoms with Crippen LogP contribution < -0.4 is 0 Å². The van der Waals surface area contributed by atoms with E-state index in [1.54, 1.807) is 13.0 Å². The Labute approximate surface area is 134 Å². The van der Waals surface area contributed by atoms with Crippen LogP contribution in [0, 0.1) is 11.7 Å². The van der Waals surface area contributed by atoms with Gasteiger partial charge in [-0.25, -0.2) is 4.39 Å². The molecular formula is C16H15F4NOS. The number of halogens is 4. The first-order valence-electron chi connectivity index (χ1n) is 7.32. The van der Waals surface area contributed by atoms with E-state index in [9.17, 15) is 22.4 Å². The van der Waals surface area contributed by atoms with Gasteiger partial charge in [-0.3, -0.25) is 4.79 Å². The molecule has 1 unspecified atom stereocenters. The summed E-state index contributed by atoms with van der Waals surface area (Å²) < 4.78 is 52.8. The normalized spacial score (nSPS) is 16.6. The lowest BCUT2D eigenvalue weighted by Gasteiger charge is -2.29. The van der Waals surface area contributed by atoms with Gasteiger partial charge in [-0.2, -0.15) is 13.2 Å². The number of benzene rings is 1. The lowest BCUT2D eigenvalue weighted by atomic mass is 10.1. The van der Waals surface area contributed by atoms with Crippen molar-refractivity contribution < 1.29 is 22.4 Å². The molecule has 0 aliphatic heterocycles. The van der Waals surface area contributed by atoms with Crippen LogP contribution in [0.15, 0.2) is 24.3 Å². The Morgan fingerprint density at radius 2 is 2.09 bits per heavy atom. The van der Waals surface area contributed by atoms with Gasteiger partial charge in [-0.05, 0) is 43.9 Å². The Kier molecular flexibility index (Phi) is 4.08. The first-order chi connectivity index (χ1) is 10.8. The van der Waals surface area contributed by atoms with E-state index in [1.165, 1.54) is 18.2 Å². The van der Waals surface area contributed by atoms with E-state index in [0.29, 0.717) is 4.70 Å². The highest BCUT2D eigenvalue weighted by Gasteiger charge is 2.41. The Bertz CT molecular complexity index is 735. The fourth-order valence-electron chi connectivity index (χ4n) is 2.70. The standard InChI is InChI=1S/C16H15F4NOS/c1-9(10-5-6-10)21(8-16(18,19)20)15(22)14-7-11-12(17)3-2-4-13(11)23-14/h2-4,7,9-10H,5-6,8H2,1H3. The molecule has 7 heteroatoms. The third-order valence-corrected chi connectivity index (χ3v) is 5.21. The molecule has 2 nitrogen and oxygen atoms in total. The molecule has 0 N–H and O–H groups in total. The quantitative estimate of drug-likeness (QED) is 0.726. The van der Waals surface area contributed by atoms with Crippen LogP contribution >= 0.6 is 11.3 Å². The van der Waals surface area contributed by atoms with Crippen LogP contribution in [0.4, 0.5) is 17.6 Å². The lowest BCUT2D eigenvalue weighted by Crippen LogP contribution is -2.45. The fourth-order valence-corrected chi connectivity index (χ4v) is 3.73. The number of carbonyl (C=O) groups excluding carboxylic acids is 1. The van der Waals surface area contributed by atoms with E-state index in [2.05, 4.69) is 0 Å². The second-order valence-corrected chi connectivity index (χ2v) is 6.97. The number of amides is 1. The molecule has 0 spiro atoms. The minimum absolute atomic E-state index is 0.118. The summed E-state index contributed by atoms with van der Waals surface area (Å²) in [4.78, 5) is 13.6. The first-order valence-corrected chi connectivity index (χ1v) is 8.13. The maximum absolute atomic E-state index is 13.7. The molecule has 1 atom stereocenters. The molecule has 3 rings (SSSR count). The van der Waals surface area contributed by atoms with Crippen LogP contribution in [0.1, 0.15) is 29.4 Å². The number of fused-ring (bicyclic) bond motifs is 1. The van der Waals surface area contributed by atoms with Crippen molar-refractivity contribution in [1.82, 2.24) is 4.90 Å². The topological polar surface area (TPSA) is 20.3 Å². The molecule has 1 aliphatic carbocycles. The summed E-state index contributed by atoms with van der Waals surface area (Å²) in [7, 11) is 0. The fraction of sp³-hybridized carbons (Fsp3) is 0.438. The van der Waals surface area contributed by atoms with Crippen LogP contribution in [-0.4, -0.2) is 29.6 Å². The molecule has 0 radical (unpaired) electrons. The van der Waals surface area contributed by atoms with E-state index in [1.807, 2.05) is 0 Å². The van der Waals surface area contributed by atoms with Crippen molar-refractivity contribution in [3.8, 4) is 0 Å². The molecule has 1 fully saturated rings. The average molecular weight is 345 g/mol. The van der Waals surface area contributed by atoms with Gasteiger partial charge >= 0.3 is 6.18 Å². The van der Waals surface area contributed by atoms with Gasteiger partial charge in [0.25, 0.3) is 5.91 Å². The Balaban J connectivity index is 1.93. The summed E-state index contributed by atoms with van der Waals surface area (Å²) in [5.74, 6) is -1.04. The number of nitrogens with zero attached hydrogens (tertiary/aromatic N) is 1. The third kappa shape index (κ3) is 3.49. The molecule has 124 valence electrons. The Morgan fingerprint density at radius 1 is 1.39 bits per heavy atom. The maximum Gasteiger partial charge on any atom is 0.406 e. The molecule has 1 aliphatic rings. The van der Waals surface area contributed by atoms with Crippen molar-refractivity contribution in [3.05, 3.63) is 35.0 Å². The van der Waals surface area contributed by atoms with Crippen LogP contribution in [0.5, 0.6) is 0 Å². The molecule has 0 saturated heterocycles. The van der Waals surface area contributed by atoms with Gasteiger partial charge in [0, 0.05) is 16.1 Å². The first kappa shape index (κ1) is 16.2. The van der Waals surface area contributed by atoms with Crippen molar-refractivity contribution in [1.29, 1.82) is 0 Å². The minimum atomic E-state index is -4.46. The van der Waals surface area contributed by atoms with Gasteiger partial charge in [0.1, 0.15) is 12.4 Å². The van der Waals surface area contributed by atoms with Crippen molar-refractivity contribution in [2.24, 2.45) is 5.92 Å². The Morgan fingerprint density at radius 3 is 2.65 bits per heavy atom. The second kappa shape index (κ2) is 5.78. The molecule has 1 heterocycles. The summed E-state index contributed by atoms with van der Waals surface area (Å²) in [6.45, 7) is 0.370. The van der Waals surface area contributed by atoms with Crippen LogP contribution in [-0.2, 0) is 0 Å². The van der Waals surface area contributed by atoms with Crippen molar-refractivity contribution in [3.63, 3.8) is 0 Å². The summed E-state index contributed by atoms with van der Waals surface area (Å²) in [6.07, 6.45) is -2.78. The number of rotatable bonds is 4. The van der Waals surface area contributed by atoms with Crippen molar-refractivity contribution in [2.45, 2.75) is 32.0 Å². The summed E-state index contributed by atoms with van der Waals surface area (Å²) >= 11 is 1.02. The van der Waals surface area contributed by atoms with Crippen LogP contribution in [0.25, 0.3) is 10.1 Å². The molecule has 2 aromatic rings. The average Bonchev–Trinajstić information content (AvgIpc) is 3.22. The van der Waals surface area contributed by atoms with Gasteiger partial charge in [0.2, 0.25) is 0 Å². The van der Waals surface area contributed by atoms with E-state index in [-0.39, 0.29) is 16.2 Å². The van der Waals surface area contributed by atoms with Crippen molar-refractivity contribution in [2.75, 3.05) is 6.54 Å². The lowest BCUT2D eigenvalue weighted by molar-refractivity contribution is -0.144. The van der Waals surface area contributed by atoms with Gasteiger partial charge in [0.15, 0.2) is 0 Å². The number of hydrogen-bond acceptors (Lipinski definition) is 2. The third-order valence-electron chi connectivity index (χ3n) is 4.13. The van der Waals surface area contributed by atoms with Gasteiger partial charge in [0.05, 0.1) is 4.88 Å². The van der Waals surface area contributed by atoms with E-state index >= 15 is 0 Å². The van der Waals surface area contributed by atoms with E-state index in [0.717, 1.165) is 29.1 Å². The molecule has 1 amide bonds. The van der Waals surface area contributed by atoms with Gasteiger partial charge < -0.3 is 4.90 Å². The number of hydrogen-bond donors (Lipinski definition) is 0. The molecular weight excluding hydrogens is 330 g/mol. The number of carbonyl (C=O) groups is 1. The molecule has 1 aromatic heterocycles. The van der Waals surface area contributed by atoms with E-state index < -0.39 is 30.5 Å². The van der Waals surface area contributed by atoms with Crippen LogP contribution in [0.2, 0.25) is 0 Å². The molecule has 1 saturated carbocycles. The van der Waals surface area contributed by atoms with Crippen molar-refractivity contribution >= 4 is 27.3 Å². The Hall–Kier alpha value is -1.63. The minimum Gasteiger partial charge on any atom is -0.326 e. The van der Waals surface area contributed by atoms with E-state index in [4.69, 9.17) is 0 Å². The SMILES string of the molecule is CC(C1CC1)N(CC(F)(F)F)C(=O)c1cc2c(F)cccc2s1. The summed E-state index contributed by atoms with van der Waals surface area (Å²) in [5.41, 5.74) is 0. The monoisotopic (exact) mass is 345 g/mol. The summed E-state index contributed by atoms with van der Waals surface area (Å²) in [6, 6.07) is 5.31. The zero-order chi connectivity index (χ0) is 16.8. The molecule has 0 bridgehead atoms. The largest absolute Gasteiger partial charge is 0.406 e. The number of thiophene rings is 1. The maximum atomic E-state index is 13.7. The second-order valence-electron chi connectivity index (χ2n) is 5.89. The highest BCUT2D eigenvalue weighted by atomic mass is 32.1. The zero-order valence-corrected chi connectivity index (χ0v) is 13.2. The predicted molar refractivity (Wildman–Crippen MR) is 81.1 cm³/mol. The van der Waals surface area contributed by atoms with Gasteiger partial charge in [-0.1, -0.05) is 6.07 Å². The zero-order valence-electron chi connectivity index (χ0n) is 12.4. The molecule has 23 heavy (non-hydrogen) atoms. The van der Waals surface area contributed by atoms with Crippen LogP contribution in [0.3, 0.4) is 0 Å².